The van der Waals surface area contributed by atoms with Gasteiger partial charge in [0.1, 0.15) is 5.69 Å². The fourth-order valence-corrected chi connectivity index (χ4v) is 2.46. The fraction of sp³-hybridized carbons (Fsp3) is 0.625. The Bertz CT molecular complexity index is 601. The summed E-state index contributed by atoms with van der Waals surface area (Å²) < 4.78 is 0. The number of hydrogen-bond acceptors (Lipinski definition) is 5. The number of nitrogens with one attached hydrogen (secondary N) is 1. The van der Waals surface area contributed by atoms with Crippen LogP contribution in [0.15, 0.2) is 6.07 Å². The first-order valence-corrected chi connectivity index (χ1v) is 7.84. The van der Waals surface area contributed by atoms with E-state index < -0.39 is 0 Å². The smallest absolute Gasteiger partial charge is 0.272 e. The Balaban J connectivity index is 2.12. The lowest BCUT2D eigenvalue weighted by atomic mass is 10.1. The molecule has 7 nitrogen and oxygen atoms in total. The van der Waals surface area contributed by atoms with Crippen LogP contribution in [0.2, 0.25) is 0 Å². The van der Waals surface area contributed by atoms with Crippen LogP contribution in [-0.2, 0) is 4.79 Å². The summed E-state index contributed by atoms with van der Waals surface area (Å²) in [4.78, 5) is 36.2. The van der Waals surface area contributed by atoms with Gasteiger partial charge in [-0.2, -0.15) is 0 Å². The second-order valence-electron chi connectivity index (χ2n) is 6.89. The van der Waals surface area contributed by atoms with Crippen molar-refractivity contribution in [2.24, 2.45) is 0 Å². The number of aromatic nitrogens is 2. The third-order valence-corrected chi connectivity index (χ3v) is 3.57. The van der Waals surface area contributed by atoms with Crippen LogP contribution in [0.1, 0.15) is 43.9 Å². The minimum atomic E-state index is -0.179. The highest BCUT2D eigenvalue weighted by Crippen LogP contribution is 2.14. The maximum Gasteiger partial charge on any atom is 0.272 e. The molecule has 1 N–H and O–H groups in total. The van der Waals surface area contributed by atoms with Crippen LogP contribution < -0.4 is 5.32 Å². The molecule has 1 aromatic rings. The molecule has 1 aliphatic heterocycles. The lowest BCUT2D eigenvalue weighted by Gasteiger charge is -2.34. The molecule has 2 rings (SSSR count). The van der Waals surface area contributed by atoms with Crippen LogP contribution in [0.4, 0.5) is 5.95 Å². The molecule has 1 saturated heterocycles. The summed E-state index contributed by atoms with van der Waals surface area (Å²) in [5.74, 6) is 0.394. The van der Waals surface area contributed by atoms with E-state index in [1.165, 1.54) is 0 Å². The van der Waals surface area contributed by atoms with Gasteiger partial charge >= 0.3 is 0 Å². The highest BCUT2D eigenvalue weighted by molar-refractivity contribution is 5.93. The van der Waals surface area contributed by atoms with E-state index >= 15 is 0 Å². The Morgan fingerprint density at radius 2 is 1.65 bits per heavy atom. The van der Waals surface area contributed by atoms with E-state index in [-0.39, 0.29) is 17.4 Å². The van der Waals surface area contributed by atoms with Crippen LogP contribution in [-0.4, -0.2) is 63.3 Å². The standard InChI is InChI=1S/C16H25N5O2/c1-11-10-13(18-15(17-11)19-16(3,4)5)14(23)21-8-6-20(7-9-21)12(2)22/h10H,6-9H2,1-5H3,(H,17,18,19). The Labute approximate surface area is 137 Å². The van der Waals surface area contributed by atoms with E-state index in [1.807, 2.05) is 27.7 Å². The van der Waals surface area contributed by atoms with Gasteiger partial charge in [-0.1, -0.05) is 0 Å². The van der Waals surface area contributed by atoms with Crippen LogP contribution in [0, 0.1) is 6.92 Å². The SMILES string of the molecule is CC(=O)N1CCN(C(=O)c2cc(C)nc(NC(C)(C)C)n2)CC1. The molecule has 0 bridgehead atoms. The molecule has 2 amide bonds. The molecule has 1 aliphatic rings. The van der Waals surface area contributed by atoms with E-state index in [4.69, 9.17) is 0 Å². The third kappa shape index (κ3) is 4.64. The van der Waals surface area contributed by atoms with Crippen molar-refractivity contribution in [1.29, 1.82) is 0 Å². The average molecular weight is 319 g/mol. The quantitative estimate of drug-likeness (QED) is 0.889. The highest BCUT2D eigenvalue weighted by atomic mass is 16.2. The van der Waals surface area contributed by atoms with Crippen molar-refractivity contribution < 1.29 is 9.59 Å². The molecule has 126 valence electrons. The Morgan fingerprint density at radius 1 is 1.09 bits per heavy atom. The monoisotopic (exact) mass is 319 g/mol. The van der Waals surface area contributed by atoms with Crippen molar-refractivity contribution in [3.63, 3.8) is 0 Å². The molecule has 2 heterocycles. The summed E-state index contributed by atoms with van der Waals surface area (Å²) >= 11 is 0. The van der Waals surface area contributed by atoms with Crippen LogP contribution in [0.3, 0.4) is 0 Å². The highest BCUT2D eigenvalue weighted by Gasteiger charge is 2.25. The fourth-order valence-electron chi connectivity index (χ4n) is 2.46. The summed E-state index contributed by atoms with van der Waals surface area (Å²) in [5, 5.41) is 3.20. The number of amides is 2. The molecule has 1 fully saturated rings. The normalized spacial score (nSPS) is 15.5. The van der Waals surface area contributed by atoms with Crippen molar-refractivity contribution in [2.45, 2.75) is 40.2 Å². The lowest BCUT2D eigenvalue weighted by Crippen LogP contribution is -2.50. The van der Waals surface area contributed by atoms with Crippen molar-refractivity contribution in [3.8, 4) is 0 Å². The molecule has 0 aliphatic carbocycles. The molecule has 0 atom stereocenters. The Hall–Kier alpha value is -2.18. The van der Waals surface area contributed by atoms with Crippen LogP contribution >= 0.6 is 0 Å². The van der Waals surface area contributed by atoms with Gasteiger partial charge in [-0.3, -0.25) is 9.59 Å². The number of aryl methyl sites for hydroxylation is 1. The molecule has 0 saturated carbocycles. The number of anilines is 1. The minimum Gasteiger partial charge on any atom is -0.350 e. The van der Waals surface area contributed by atoms with Gasteiger partial charge in [0.15, 0.2) is 0 Å². The van der Waals surface area contributed by atoms with E-state index in [0.29, 0.717) is 37.8 Å². The van der Waals surface area contributed by atoms with Gasteiger partial charge in [0.25, 0.3) is 5.91 Å². The van der Waals surface area contributed by atoms with Gasteiger partial charge in [0.05, 0.1) is 0 Å². The zero-order valence-electron chi connectivity index (χ0n) is 14.5. The molecule has 0 spiro atoms. The van der Waals surface area contributed by atoms with Gasteiger partial charge in [-0.15, -0.1) is 0 Å². The van der Waals surface area contributed by atoms with Gasteiger partial charge in [0.2, 0.25) is 11.9 Å². The first-order valence-electron chi connectivity index (χ1n) is 7.84. The molecule has 0 unspecified atom stereocenters. The minimum absolute atomic E-state index is 0.0478. The number of nitrogens with zero attached hydrogens (tertiary/aromatic N) is 4. The van der Waals surface area contributed by atoms with Gasteiger partial charge in [-0.25, -0.2) is 9.97 Å². The van der Waals surface area contributed by atoms with E-state index in [0.717, 1.165) is 5.69 Å². The third-order valence-electron chi connectivity index (χ3n) is 3.57. The molecule has 7 heteroatoms. The summed E-state index contributed by atoms with van der Waals surface area (Å²) in [6.45, 7) is 11.6. The number of carbonyl (C=O) groups excluding carboxylic acids is 2. The zero-order valence-corrected chi connectivity index (χ0v) is 14.5. The second kappa shape index (κ2) is 6.52. The maximum absolute atomic E-state index is 12.7. The number of rotatable bonds is 2. The Morgan fingerprint density at radius 3 is 2.17 bits per heavy atom. The first-order chi connectivity index (χ1) is 10.7. The van der Waals surface area contributed by atoms with Crippen molar-refractivity contribution in [1.82, 2.24) is 19.8 Å². The zero-order chi connectivity index (χ0) is 17.2. The van der Waals surface area contributed by atoms with Crippen molar-refractivity contribution >= 4 is 17.8 Å². The van der Waals surface area contributed by atoms with E-state index in [1.54, 1.807) is 22.8 Å². The lowest BCUT2D eigenvalue weighted by molar-refractivity contribution is -0.130. The summed E-state index contributed by atoms with van der Waals surface area (Å²) in [7, 11) is 0. The second-order valence-corrected chi connectivity index (χ2v) is 6.89. The van der Waals surface area contributed by atoms with Crippen molar-refractivity contribution in [3.05, 3.63) is 17.5 Å². The summed E-state index contributed by atoms with van der Waals surface area (Å²) in [5.41, 5.74) is 0.958. The first kappa shape index (κ1) is 17.2. The predicted octanol–water partition coefficient (Wildman–Crippen LogP) is 1.30. The van der Waals surface area contributed by atoms with Crippen LogP contribution in [0.5, 0.6) is 0 Å². The number of carbonyl (C=O) groups is 2. The summed E-state index contributed by atoms with van der Waals surface area (Å²) in [6, 6.07) is 1.70. The molecule has 0 aromatic carbocycles. The number of piperazine rings is 1. The van der Waals surface area contributed by atoms with E-state index in [2.05, 4.69) is 15.3 Å². The predicted molar refractivity (Wildman–Crippen MR) is 88.3 cm³/mol. The number of hydrogen-bond donors (Lipinski definition) is 1. The summed E-state index contributed by atoms with van der Waals surface area (Å²) in [6.07, 6.45) is 0. The largest absolute Gasteiger partial charge is 0.350 e. The Kier molecular flexibility index (Phi) is 4.87. The molecule has 0 radical (unpaired) electrons. The molecule has 23 heavy (non-hydrogen) atoms. The van der Waals surface area contributed by atoms with Gasteiger partial charge < -0.3 is 15.1 Å². The molecular formula is C16H25N5O2. The average Bonchev–Trinajstić information content (AvgIpc) is 2.44. The van der Waals surface area contributed by atoms with Gasteiger partial charge in [-0.05, 0) is 33.8 Å². The molecular weight excluding hydrogens is 294 g/mol. The topological polar surface area (TPSA) is 78.4 Å². The van der Waals surface area contributed by atoms with Crippen LogP contribution in [0.25, 0.3) is 0 Å². The molecule has 1 aromatic heterocycles. The van der Waals surface area contributed by atoms with Gasteiger partial charge in [0, 0.05) is 44.3 Å². The van der Waals surface area contributed by atoms with E-state index in [9.17, 15) is 9.59 Å². The van der Waals surface area contributed by atoms with Crippen molar-refractivity contribution in [2.75, 3.05) is 31.5 Å². The maximum atomic E-state index is 12.7.